The number of ether oxygens (including phenoxy) is 1. The van der Waals surface area contributed by atoms with E-state index in [2.05, 4.69) is 66.8 Å². The zero-order valence-electron chi connectivity index (χ0n) is 17.8. The number of piperazine rings is 1. The van der Waals surface area contributed by atoms with Gasteiger partial charge in [0.2, 0.25) is 0 Å². The third-order valence-corrected chi connectivity index (χ3v) is 6.20. The highest BCUT2D eigenvalue weighted by molar-refractivity contribution is 5.42. The molecule has 1 saturated heterocycles. The third kappa shape index (κ3) is 3.99. The van der Waals surface area contributed by atoms with Crippen LogP contribution >= 0.6 is 0 Å². The molecule has 0 aliphatic carbocycles. The molecule has 150 valence electrons. The zero-order valence-corrected chi connectivity index (χ0v) is 17.8. The first-order valence-corrected chi connectivity index (χ1v) is 10.1. The van der Waals surface area contributed by atoms with E-state index in [1.165, 1.54) is 16.8 Å². The molecule has 0 saturated carbocycles. The predicted molar refractivity (Wildman–Crippen MR) is 109 cm³/mol. The Labute approximate surface area is 160 Å². The van der Waals surface area contributed by atoms with Crippen molar-refractivity contribution in [3.8, 4) is 0 Å². The van der Waals surface area contributed by atoms with E-state index < -0.39 is 5.60 Å². The Morgan fingerprint density at radius 2 is 1.96 bits per heavy atom. The van der Waals surface area contributed by atoms with Crippen molar-refractivity contribution < 1.29 is 4.74 Å². The van der Waals surface area contributed by atoms with Crippen LogP contribution in [0, 0.1) is 0 Å². The fourth-order valence-electron chi connectivity index (χ4n) is 4.36. The molecule has 2 unspecified atom stereocenters. The van der Waals surface area contributed by atoms with Crippen molar-refractivity contribution in [2.24, 2.45) is 0 Å². The van der Waals surface area contributed by atoms with Crippen LogP contribution in [0.3, 0.4) is 0 Å². The van der Waals surface area contributed by atoms with Crippen LogP contribution in [0.2, 0.25) is 0 Å². The lowest BCUT2D eigenvalue weighted by Gasteiger charge is -2.47. The number of likely N-dealkylation sites (N-methyl/N-ethyl adjacent to an activating group) is 1. The first kappa shape index (κ1) is 21.4. The van der Waals surface area contributed by atoms with Gasteiger partial charge in [0.25, 0.3) is 0 Å². The SMILES string of the molecule is CC[C@@H](NNC)C1=CN(CC)C(C(C)N2CCNCC2)=C(C)C1(C)OC. The van der Waals surface area contributed by atoms with Gasteiger partial charge in [0.1, 0.15) is 5.60 Å². The van der Waals surface area contributed by atoms with E-state index in [0.29, 0.717) is 6.04 Å². The van der Waals surface area contributed by atoms with E-state index in [0.717, 1.165) is 39.1 Å². The van der Waals surface area contributed by atoms with Crippen LogP contribution in [0.4, 0.5) is 0 Å². The summed E-state index contributed by atoms with van der Waals surface area (Å²) in [5, 5.41) is 3.46. The molecule has 2 aliphatic heterocycles. The molecule has 0 amide bonds. The average Bonchev–Trinajstić information content (AvgIpc) is 2.68. The lowest BCUT2D eigenvalue weighted by molar-refractivity contribution is 0.0506. The van der Waals surface area contributed by atoms with E-state index in [1.54, 1.807) is 0 Å². The fraction of sp³-hybridized carbons (Fsp3) is 0.800. The molecule has 1 fully saturated rings. The van der Waals surface area contributed by atoms with E-state index in [4.69, 9.17) is 4.74 Å². The van der Waals surface area contributed by atoms with E-state index >= 15 is 0 Å². The Bertz CT molecular complexity index is 526. The topological polar surface area (TPSA) is 51.8 Å². The Kier molecular flexibility index (Phi) is 7.67. The molecule has 0 radical (unpaired) electrons. The molecule has 2 rings (SSSR count). The van der Waals surface area contributed by atoms with Gasteiger partial charge in [0.05, 0.1) is 0 Å². The van der Waals surface area contributed by atoms with Gasteiger partial charge in [-0.3, -0.25) is 15.8 Å². The van der Waals surface area contributed by atoms with Crippen LogP contribution in [-0.4, -0.2) is 74.4 Å². The molecule has 0 aromatic heterocycles. The van der Waals surface area contributed by atoms with Gasteiger partial charge in [-0.1, -0.05) is 6.92 Å². The summed E-state index contributed by atoms with van der Waals surface area (Å²) in [5.74, 6) is 0. The number of nitrogens with zero attached hydrogens (tertiary/aromatic N) is 2. The maximum Gasteiger partial charge on any atom is 0.112 e. The molecule has 6 heteroatoms. The van der Waals surface area contributed by atoms with Crippen LogP contribution in [0.25, 0.3) is 0 Å². The molecule has 3 atom stereocenters. The summed E-state index contributed by atoms with van der Waals surface area (Å²) in [7, 11) is 3.76. The highest BCUT2D eigenvalue weighted by Gasteiger charge is 2.42. The Morgan fingerprint density at radius 1 is 1.31 bits per heavy atom. The normalized spacial score (nSPS) is 27.5. The van der Waals surface area contributed by atoms with Crippen molar-refractivity contribution in [1.29, 1.82) is 0 Å². The van der Waals surface area contributed by atoms with Crippen molar-refractivity contribution in [2.75, 3.05) is 46.9 Å². The predicted octanol–water partition coefficient (Wildman–Crippen LogP) is 1.68. The van der Waals surface area contributed by atoms with Crippen LogP contribution < -0.4 is 16.2 Å². The summed E-state index contributed by atoms with van der Waals surface area (Å²) in [5.41, 5.74) is 10.1. The summed E-state index contributed by atoms with van der Waals surface area (Å²) in [4.78, 5) is 5.01. The summed E-state index contributed by atoms with van der Waals surface area (Å²) in [6.07, 6.45) is 3.32. The van der Waals surface area contributed by atoms with Gasteiger partial charge in [0.15, 0.2) is 0 Å². The van der Waals surface area contributed by atoms with Gasteiger partial charge in [0, 0.05) is 63.8 Å². The molecule has 2 aliphatic rings. The van der Waals surface area contributed by atoms with Gasteiger partial charge < -0.3 is 15.0 Å². The van der Waals surface area contributed by atoms with E-state index in [9.17, 15) is 0 Å². The van der Waals surface area contributed by atoms with Gasteiger partial charge in [-0.2, -0.15) is 0 Å². The number of hydrogen-bond donors (Lipinski definition) is 3. The monoisotopic (exact) mass is 365 g/mol. The molecular formula is C20H39N5O. The standard InChI is InChI=1S/C20H39N5O/c1-8-18(23-21-6)17-14-24(9-2)19(15(3)20(17,5)26-7)16(4)25-12-10-22-11-13-25/h14,16,18,21-23H,8-13H2,1-7H3/t16?,18-,20?/m1/s1. The second-order valence-electron chi connectivity index (χ2n) is 7.44. The minimum atomic E-state index is -0.395. The van der Waals surface area contributed by atoms with Gasteiger partial charge in [-0.15, -0.1) is 0 Å². The Morgan fingerprint density at radius 3 is 2.46 bits per heavy atom. The van der Waals surface area contributed by atoms with Crippen LogP contribution in [-0.2, 0) is 4.74 Å². The van der Waals surface area contributed by atoms with Crippen LogP contribution in [0.5, 0.6) is 0 Å². The molecule has 6 nitrogen and oxygen atoms in total. The second-order valence-corrected chi connectivity index (χ2v) is 7.44. The zero-order chi connectivity index (χ0) is 19.3. The summed E-state index contributed by atoms with van der Waals surface area (Å²) in [6, 6.07) is 0.603. The number of hydrazine groups is 1. The highest BCUT2D eigenvalue weighted by Crippen LogP contribution is 2.40. The second kappa shape index (κ2) is 9.33. The average molecular weight is 366 g/mol. The number of nitrogens with one attached hydrogen (secondary N) is 3. The first-order chi connectivity index (χ1) is 12.4. The van der Waals surface area contributed by atoms with Crippen LogP contribution in [0.15, 0.2) is 23.0 Å². The van der Waals surface area contributed by atoms with Crippen molar-refractivity contribution in [3.63, 3.8) is 0 Å². The molecule has 0 spiro atoms. The van der Waals surface area contributed by atoms with Crippen molar-refractivity contribution in [3.05, 3.63) is 23.0 Å². The largest absolute Gasteiger partial charge is 0.370 e. The van der Waals surface area contributed by atoms with Crippen LogP contribution in [0.1, 0.15) is 41.0 Å². The van der Waals surface area contributed by atoms with Gasteiger partial charge >= 0.3 is 0 Å². The lowest BCUT2D eigenvalue weighted by Crippen LogP contribution is -2.54. The van der Waals surface area contributed by atoms with Crippen molar-refractivity contribution in [2.45, 2.75) is 58.7 Å². The maximum absolute atomic E-state index is 6.14. The third-order valence-electron chi connectivity index (χ3n) is 6.20. The highest BCUT2D eigenvalue weighted by atomic mass is 16.5. The summed E-state index contributed by atoms with van der Waals surface area (Å²) >= 11 is 0. The van der Waals surface area contributed by atoms with E-state index in [1.807, 2.05) is 14.2 Å². The first-order valence-electron chi connectivity index (χ1n) is 10.1. The smallest absolute Gasteiger partial charge is 0.112 e. The molecule has 3 N–H and O–H groups in total. The minimum Gasteiger partial charge on any atom is -0.370 e. The molecule has 0 aromatic rings. The Balaban J connectivity index is 2.43. The Hall–Kier alpha value is -0.920. The minimum absolute atomic E-state index is 0.227. The molecule has 2 heterocycles. The summed E-state index contributed by atoms with van der Waals surface area (Å²) in [6.45, 7) is 16.5. The summed E-state index contributed by atoms with van der Waals surface area (Å²) < 4.78 is 6.14. The molecule has 0 aromatic carbocycles. The number of methoxy groups -OCH3 is 1. The number of hydrogen-bond acceptors (Lipinski definition) is 6. The molecule has 26 heavy (non-hydrogen) atoms. The number of rotatable bonds is 8. The quantitative estimate of drug-likeness (QED) is 0.569. The van der Waals surface area contributed by atoms with Gasteiger partial charge in [-0.05, 0) is 52.3 Å². The lowest BCUT2D eigenvalue weighted by atomic mass is 9.79. The van der Waals surface area contributed by atoms with Gasteiger partial charge in [-0.25, -0.2) is 0 Å². The fourth-order valence-corrected chi connectivity index (χ4v) is 4.36. The maximum atomic E-state index is 6.14. The molecule has 0 bridgehead atoms. The van der Waals surface area contributed by atoms with Crippen molar-refractivity contribution >= 4 is 0 Å². The van der Waals surface area contributed by atoms with E-state index in [-0.39, 0.29) is 6.04 Å². The molecular weight excluding hydrogens is 326 g/mol. The van der Waals surface area contributed by atoms with Crippen molar-refractivity contribution in [1.82, 2.24) is 26.0 Å².